The van der Waals surface area contributed by atoms with E-state index in [9.17, 15) is 14.4 Å². The second kappa shape index (κ2) is 8.93. The number of urea groups is 1. The minimum absolute atomic E-state index is 0.376. The molecule has 0 unspecified atom stereocenters. The average molecular weight is 429 g/mol. The average Bonchev–Trinajstić information content (AvgIpc) is 3.04. The molecule has 1 atom stereocenters. The molecule has 0 aliphatic carbocycles. The molecule has 0 saturated carbocycles. The zero-order valence-electron chi connectivity index (χ0n) is 17.6. The van der Waals surface area contributed by atoms with Gasteiger partial charge in [-0.3, -0.25) is 14.5 Å². The van der Waals surface area contributed by atoms with Crippen LogP contribution in [0.15, 0.2) is 84.9 Å². The summed E-state index contributed by atoms with van der Waals surface area (Å²) >= 11 is 0. The molecular formula is C25H23N3O4. The third-order valence-corrected chi connectivity index (χ3v) is 5.31. The van der Waals surface area contributed by atoms with Crippen molar-refractivity contribution in [1.82, 2.24) is 10.2 Å². The molecule has 3 aromatic rings. The Kier molecular flexibility index (Phi) is 5.89. The minimum atomic E-state index is -1.20. The van der Waals surface area contributed by atoms with Crippen LogP contribution in [0, 0.1) is 0 Å². The highest BCUT2D eigenvalue weighted by Gasteiger charge is 2.49. The van der Waals surface area contributed by atoms with E-state index >= 15 is 0 Å². The van der Waals surface area contributed by atoms with E-state index in [2.05, 4.69) is 10.6 Å². The maximum absolute atomic E-state index is 12.9. The van der Waals surface area contributed by atoms with Gasteiger partial charge in [-0.15, -0.1) is 0 Å². The third-order valence-electron chi connectivity index (χ3n) is 5.31. The monoisotopic (exact) mass is 429 g/mol. The van der Waals surface area contributed by atoms with E-state index < -0.39 is 23.4 Å². The highest BCUT2D eigenvalue weighted by molar-refractivity contribution is 6.10. The lowest BCUT2D eigenvalue weighted by molar-refractivity contribution is -0.133. The Morgan fingerprint density at radius 1 is 0.938 bits per heavy atom. The highest BCUT2D eigenvalue weighted by Crippen LogP contribution is 2.28. The molecule has 4 rings (SSSR count). The number of hydrogen-bond donors (Lipinski definition) is 2. The van der Waals surface area contributed by atoms with Crippen LogP contribution in [0.1, 0.15) is 18.1 Å². The SMILES string of the molecule is C[C@@]1(c2ccccc2)NC(=O)N(CC(=O)Nc2ccc(OCc3ccccc3)cc2)C1=O. The van der Waals surface area contributed by atoms with Crippen LogP contribution in [0.5, 0.6) is 5.75 Å². The quantitative estimate of drug-likeness (QED) is 0.561. The molecule has 7 heteroatoms. The van der Waals surface area contributed by atoms with E-state index in [1.165, 1.54) is 0 Å². The number of benzene rings is 3. The molecule has 162 valence electrons. The Morgan fingerprint density at radius 3 is 2.22 bits per heavy atom. The van der Waals surface area contributed by atoms with E-state index in [1.54, 1.807) is 55.5 Å². The summed E-state index contributed by atoms with van der Waals surface area (Å²) in [5.74, 6) is -0.267. The summed E-state index contributed by atoms with van der Waals surface area (Å²) < 4.78 is 5.73. The number of amides is 4. The van der Waals surface area contributed by atoms with Crippen molar-refractivity contribution in [2.24, 2.45) is 0 Å². The van der Waals surface area contributed by atoms with Crippen molar-refractivity contribution in [3.05, 3.63) is 96.1 Å². The van der Waals surface area contributed by atoms with Crippen molar-refractivity contribution in [3.63, 3.8) is 0 Å². The lowest BCUT2D eigenvalue weighted by Crippen LogP contribution is -2.42. The van der Waals surface area contributed by atoms with Gasteiger partial charge in [-0.05, 0) is 42.3 Å². The molecule has 1 saturated heterocycles. The van der Waals surface area contributed by atoms with Crippen LogP contribution >= 0.6 is 0 Å². The fourth-order valence-electron chi connectivity index (χ4n) is 3.53. The fraction of sp³-hybridized carbons (Fsp3) is 0.160. The van der Waals surface area contributed by atoms with E-state index in [-0.39, 0.29) is 6.54 Å². The Labute approximate surface area is 186 Å². The Balaban J connectivity index is 1.34. The molecule has 0 spiro atoms. The third kappa shape index (κ3) is 4.46. The number of carbonyl (C=O) groups is 3. The number of imide groups is 1. The summed E-state index contributed by atoms with van der Waals surface area (Å²) in [5.41, 5.74) is 1.06. The Bertz CT molecular complexity index is 1120. The zero-order valence-corrected chi connectivity index (χ0v) is 17.6. The molecular weight excluding hydrogens is 406 g/mol. The van der Waals surface area contributed by atoms with Gasteiger partial charge in [0, 0.05) is 5.69 Å². The summed E-state index contributed by atoms with van der Waals surface area (Å²) in [6, 6.07) is 25.1. The Hall–Kier alpha value is -4.13. The van der Waals surface area contributed by atoms with Crippen LogP contribution in [-0.2, 0) is 21.7 Å². The molecule has 2 N–H and O–H groups in total. The van der Waals surface area contributed by atoms with Crippen molar-refractivity contribution >= 4 is 23.5 Å². The van der Waals surface area contributed by atoms with Crippen molar-refractivity contribution in [2.75, 3.05) is 11.9 Å². The zero-order chi connectivity index (χ0) is 22.6. The molecule has 1 aliphatic rings. The largest absolute Gasteiger partial charge is 0.489 e. The standard InChI is InChI=1S/C25H23N3O4/c1-25(19-10-6-3-7-11-19)23(30)28(24(31)27-25)16-22(29)26-20-12-14-21(15-13-20)32-17-18-8-4-2-5-9-18/h2-15H,16-17H2,1H3,(H,26,29)(H,27,31)/t25-/m0/s1. The lowest BCUT2D eigenvalue weighted by atomic mass is 9.92. The molecule has 1 aliphatic heterocycles. The first-order valence-corrected chi connectivity index (χ1v) is 10.2. The molecule has 0 radical (unpaired) electrons. The minimum Gasteiger partial charge on any atom is -0.489 e. The maximum atomic E-state index is 12.9. The number of rotatable bonds is 7. The molecule has 4 amide bonds. The number of nitrogens with one attached hydrogen (secondary N) is 2. The van der Waals surface area contributed by atoms with Crippen molar-refractivity contribution in [1.29, 1.82) is 0 Å². The van der Waals surface area contributed by atoms with Crippen molar-refractivity contribution in [3.8, 4) is 5.75 Å². The smallest absolute Gasteiger partial charge is 0.325 e. The second-order valence-electron chi connectivity index (χ2n) is 7.66. The highest BCUT2D eigenvalue weighted by atomic mass is 16.5. The van der Waals surface area contributed by atoms with Gasteiger partial charge in [-0.2, -0.15) is 0 Å². The van der Waals surface area contributed by atoms with E-state index in [0.29, 0.717) is 23.6 Å². The number of hydrogen-bond acceptors (Lipinski definition) is 4. The molecule has 0 bridgehead atoms. The predicted octanol–water partition coefficient (Wildman–Crippen LogP) is 3.67. The van der Waals surface area contributed by atoms with Crippen LogP contribution in [0.2, 0.25) is 0 Å². The number of nitrogens with zero attached hydrogens (tertiary/aromatic N) is 1. The van der Waals surface area contributed by atoms with Gasteiger partial charge in [-0.1, -0.05) is 60.7 Å². The summed E-state index contributed by atoms with van der Waals surface area (Å²) in [6.45, 7) is 1.70. The first-order chi connectivity index (χ1) is 15.5. The van der Waals surface area contributed by atoms with Crippen molar-refractivity contribution in [2.45, 2.75) is 19.1 Å². The number of carbonyl (C=O) groups excluding carboxylic acids is 3. The van der Waals surface area contributed by atoms with Gasteiger partial charge in [0.15, 0.2) is 0 Å². The predicted molar refractivity (Wildman–Crippen MR) is 120 cm³/mol. The van der Waals surface area contributed by atoms with Crippen LogP contribution in [0.4, 0.5) is 10.5 Å². The Morgan fingerprint density at radius 2 is 1.56 bits per heavy atom. The first-order valence-electron chi connectivity index (χ1n) is 10.2. The number of anilines is 1. The van der Waals surface area contributed by atoms with Crippen molar-refractivity contribution < 1.29 is 19.1 Å². The van der Waals surface area contributed by atoms with Crippen LogP contribution < -0.4 is 15.4 Å². The van der Waals surface area contributed by atoms with Gasteiger partial charge in [0.1, 0.15) is 24.4 Å². The van der Waals surface area contributed by atoms with E-state index in [4.69, 9.17) is 4.74 Å². The molecule has 32 heavy (non-hydrogen) atoms. The molecule has 1 fully saturated rings. The first kappa shape index (κ1) is 21.1. The summed E-state index contributed by atoms with van der Waals surface area (Å²) in [7, 11) is 0. The van der Waals surface area contributed by atoms with Gasteiger partial charge in [0.05, 0.1) is 0 Å². The fourth-order valence-corrected chi connectivity index (χ4v) is 3.53. The summed E-state index contributed by atoms with van der Waals surface area (Å²) in [5, 5.41) is 5.40. The van der Waals surface area contributed by atoms with Crippen LogP contribution in [0.3, 0.4) is 0 Å². The summed E-state index contributed by atoms with van der Waals surface area (Å²) in [6.07, 6.45) is 0. The number of ether oxygens (including phenoxy) is 1. The van der Waals surface area contributed by atoms with E-state index in [0.717, 1.165) is 10.5 Å². The second-order valence-corrected chi connectivity index (χ2v) is 7.66. The summed E-state index contributed by atoms with van der Waals surface area (Å²) in [4.78, 5) is 38.7. The van der Waals surface area contributed by atoms with Gasteiger partial charge in [-0.25, -0.2) is 4.79 Å². The van der Waals surface area contributed by atoms with Gasteiger partial charge in [0.25, 0.3) is 5.91 Å². The molecule has 7 nitrogen and oxygen atoms in total. The molecule has 1 heterocycles. The van der Waals surface area contributed by atoms with Crippen LogP contribution in [-0.4, -0.2) is 29.3 Å². The lowest BCUT2D eigenvalue weighted by Gasteiger charge is -2.22. The normalized spacial score (nSPS) is 17.7. The maximum Gasteiger partial charge on any atom is 0.325 e. The van der Waals surface area contributed by atoms with Crippen LogP contribution in [0.25, 0.3) is 0 Å². The molecule has 0 aromatic heterocycles. The van der Waals surface area contributed by atoms with Gasteiger partial charge < -0.3 is 15.4 Å². The van der Waals surface area contributed by atoms with E-state index in [1.807, 2.05) is 36.4 Å². The molecule has 3 aromatic carbocycles. The van der Waals surface area contributed by atoms with Gasteiger partial charge >= 0.3 is 6.03 Å². The van der Waals surface area contributed by atoms with Gasteiger partial charge in [0.2, 0.25) is 5.91 Å². The topological polar surface area (TPSA) is 87.7 Å².